The lowest BCUT2D eigenvalue weighted by molar-refractivity contribution is -0.120. The van der Waals surface area contributed by atoms with E-state index in [2.05, 4.69) is 16.4 Å². The molecule has 0 saturated carbocycles. The normalized spacial score (nSPS) is 10.6. The Kier molecular flexibility index (Phi) is 6.84. The van der Waals surface area contributed by atoms with Gasteiger partial charge in [0.2, 0.25) is 0 Å². The molecule has 1 heterocycles. The van der Waals surface area contributed by atoms with E-state index in [-0.39, 0.29) is 17.9 Å². The molecule has 2 amide bonds. The van der Waals surface area contributed by atoms with Gasteiger partial charge in [-0.15, -0.1) is 11.3 Å². The lowest BCUT2D eigenvalue weighted by atomic mass is 10.2. The minimum Gasteiger partial charge on any atom is -0.483 e. The Balaban J connectivity index is 1.34. The van der Waals surface area contributed by atoms with Crippen LogP contribution in [0.4, 0.5) is 5.69 Å². The van der Waals surface area contributed by atoms with E-state index in [1.165, 1.54) is 17.7 Å². The number of rotatable bonds is 8. The highest BCUT2D eigenvalue weighted by molar-refractivity contribution is 7.21. The number of nitrogens with two attached hydrogens (primary N) is 1. The molecule has 0 unspecified atom stereocenters. The number of hydrogen-bond acceptors (Lipinski definition) is 7. The molecule has 3 aromatic carbocycles. The van der Waals surface area contributed by atoms with Crippen molar-refractivity contribution in [1.82, 2.24) is 4.98 Å². The summed E-state index contributed by atoms with van der Waals surface area (Å²) >= 11 is 1.61. The quantitative estimate of drug-likeness (QED) is 0.373. The second-order valence-corrected chi connectivity index (χ2v) is 8.47. The number of esters is 1. The number of nitrogens with zero attached hydrogens (tertiary/aromatic N) is 1. The molecule has 0 spiro atoms. The molecule has 4 rings (SSSR count). The van der Waals surface area contributed by atoms with Crippen molar-refractivity contribution in [2.45, 2.75) is 6.92 Å². The van der Waals surface area contributed by atoms with E-state index < -0.39 is 24.4 Å². The summed E-state index contributed by atoms with van der Waals surface area (Å²) in [6.45, 7) is 1.18. The van der Waals surface area contributed by atoms with Crippen molar-refractivity contribution >= 4 is 45.0 Å². The molecule has 1 aromatic heterocycles. The molecule has 0 aliphatic heterocycles. The Morgan fingerprint density at radius 1 is 1.00 bits per heavy atom. The average molecular weight is 476 g/mol. The number of amides is 2. The molecule has 0 bridgehead atoms. The van der Waals surface area contributed by atoms with Crippen LogP contribution in [0, 0.1) is 6.92 Å². The van der Waals surface area contributed by atoms with E-state index in [9.17, 15) is 14.4 Å². The van der Waals surface area contributed by atoms with Crippen molar-refractivity contribution in [1.29, 1.82) is 0 Å². The number of benzene rings is 3. The summed E-state index contributed by atoms with van der Waals surface area (Å²) in [6.07, 6.45) is 0. The first-order valence-corrected chi connectivity index (χ1v) is 11.2. The number of thiazole rings is 1. The molecule has 0 aliphatic rings. The minimum atomic E-state index is -0.753. The molecular weight excluding hydrogens is 454 g/mol. The molecule has 0 atom stereocenters. The van der Waals surface area contributed by atoms with Gasteiger partial charge in [0.15, 0.2) is 13.2 Å². The Morgan fingerprint density at radius 3 is 2.53 bits per heavy atom. The number of nitrogens with one attached hydrogen (secondary N) is 1. The van der Waals surface area contributed by atoms with Crippen LogP contribution in [-0.4, -0.2) is 36.0 Å². The van der Waals surface area contributed by atoms with Gasteiger partial charge in [0.25, 0.3) is 11.8 Å². The maximum atomic E-state index is 12.4. The van der Waals surface area contributed by atoms with Crippen molar-refractivity contribution in [3.63, 3.8) is 0 Å². The summed E-state index contributed by atoms with van der Waals surface area (Å²) < 4.78 is 11.4. The molecule has 0 radical (unpaired) electrons. The van der Waals surface area contributed by atoms with Crippen molar-refractivity contribution < 1.29 is 23.9 Å². The highest BCUT2D eigenvalue weighted by atomic mass is 32.1. The average Bonchev–Trinajstić information content (AvgIpc) is 3.25. The molecule has 34 heavy (non-hydrogen) atoms. The fraction of sp³-hybridized carbons (Fsp3) is 0.120. The third-order valence-corrected chi connectivity index (χ3v) is 5.84. The third kappa shape index (κ3) is 5.57. The van der Waals surface area contributed by atoms with Crippen LogP contribution in [0.5, 0.6) is 5.75 Å². The van der Waals surface area contributed by atoms with E-state index >= 15 is 0 Å². The summed E-state index contributed by atoms with van der Waals surface area (Å²) in [5, 5.41) is 3.58. The predicted octanol–water partition coefficient (Wildman–Crippen LogP) is 3.93. The fourth-order valence-corrected chi connectivity index (χ4v) is 4.24. The van der Waals surface area contributed by atoms with Gasteiger partial charge in [0, 0.05) is 11.3 Å². The molecule has 4 aromatic rings. The Labute approximate surface area is 199 Å². The first-order chi connectivity index (χ1) is 16.4. The number of carbonyl (C=O) groups excluding carboxylic acids is 3. The number of aryl methyl sites for hydroxylation is 1. The van der Waals surface area contributed by atoms with Crippen molar-refractivity contribution in [2.75, 3.05) is 18.5 Å². The zero-order chi connectivity index (χ0) is 24.1. The second kappa shape index (κ2) is 10.1. The zero-order valence-electron chi connectivity index (χ0n) is 18.2. The van der Waals surface area contributed by atoms with Crippen molar-refractivity contribution in [3.05, 3.63) is 77.9 Å². The van der Waals surface area contributed by atoms with Gasteiger partial charge in [-0.2, -0.15) is 0 Å². The molecule has 9 heteroatoms. The highest BCUT2D eigenvalue weighted by Crippen LogP contribution is 2.31. The zero-order valence-corrected chi connectivity index (χ0v) is 19.1. The van der Waals surface area contributed by atoms with Crippen LogP contribution < -0.4 is 15.8 Å². The maximum absolute atomic E-state index is 12.4. The van der Waals surface area contributed by atoms with Gasteiger partial charge < -0.3 is 20.5 Å². The number of aromatic nitrogens is 1. The van der Waals surface area contributed by atoms with Crippen LogP contribution in [0.2, 0.25) is 0 Å². The molecule has 3 N–H and O–H groups in total. The molecule has 8 nitrogen and oxygen atoms in total. The van der Waals surface area contributed by atoms with Gasteiger partial charge >= 0.3 is 5.97 Å². The van der Waals surface area contributed by atoms with Gasteiger partial charge in [-0.05, 0) is 61.0 Å². The first-order valence-electron chi connectivity index (χ1n) is 10.3. The topological polar surface area (TPSA) is 121 Å². The molecule has 0 fully saturated rings. The number of anilines is 1. The maximum Gasteiger partial charge on any atom is 0.342 e. The lowest BCUT2D eigenvalue weighted by Gasteiger charge is -2.10. The predicted molar refractivity (Wildman–Crippen MR) is 130 cm³/mol. The third-order valence-electron chi connectivity index (χ3n) is 4.77. The Morgan fingerprint density at radius 2 is 1.76 bits per heavy atom. The van der Waals surface area contributed by atoms with Crippen LogP contribution in [0.25, 0.3) is 20.8 Å². The summed E-state index contributed by atoms with van der Waals surface area (Å²) in [6, 6.07) is 19.6. The van der Waals surface area contributed by atoms with Crippen LogP contribution in [0.1, 0.15) is 15.9 Å². The number of fused-ring (bicyclic) bond motifs is 1. The lowest BCUT2D eigenvalue weighted by Crippen LogP contribution is -2.22. The molecule has 0 saturated heterocycles. The number of carbonyl (C=O) groups is 3. The van der Waals surface area contributed by atoms with E-state index in [0.717, 1.165) is 20.8 Å². The molecule has 172 valence electrons. The van der Waals surface area contributed by atoms with Gasteiger partial charge in [-0.3, -0.25) is 9.59 Å². The Hall–Kier alpha value is -4.24. The fourth-order valence-electron chi connectivity index (χ4n) is 3.17. The van der Waals surface area contributed by atoms with Crippen molar-refractivity contribution in [2.24, 2.45) is 5.73 Å². The van der Waals surface area contributed by atoms with Crippen molar-refractivity contribution in [3.8, 4) is 16.3 Å². The summed E-state index contributed by atoms with van der Waals surface area (Å²) in [5.41, 5.74) is 8.79. The van der Waals surface area contributed by atoms with Gasteiger partial charge in [0.1, 0.15) is 16.3 Å². The van der Waals surface area contributed by atoms with E-state index in [1.807, 2.05) is 31.2 Å². The smallest absolute Gasteiger partial charge is 0.342 e. The number of hydrogen-bond donors (Lipinski definition) is 2. The minimum absolute atomic E-state index is 0.0898. The molecular formula is C25H21N3O5S. The standard InChI is InChI=1S/C25H21N3O5S/c1-15-6-11-19-21(12-15)34-24(28-19)16-7-9-17(10-8-16)27-23(30)14-33-25(31)18-4-2-3-5-20(18)32-13-22(26)29/h2-12H,13-14H2,1H3,(H2,26,29)(H,27,30). The van der Waals surface area contributed by atoms with Gasteiger partial charge in [-0.1, -0.05) is 18.2 Å². The Bertz CT molecular complexity index is 1360. The van der Waals surface area contributed by atoms with E-state index in [0.29, 0.717) is 5.69 Å². The summed E-state index contributed by atoms with van der Waals surface area (Å²) in [7, 11) is 0. The molecule has 0 aliphatic carbocycles. The first kappa shape index (κ1) is 22.9. The van der Waals surface area contributed by atoms with Crippen LogP contribution in [0.3, 0.4) is 0 Å². The van der Waals surface area contributed by atoms with E-state index in [4.69, 9.17) is 15.2 Å². The SMILES string of the molecule is Cc1ccc2nc(-c3ccc(NC(=O)COC(=O)c4ccccc4OCC(N)=O)cc3)sc2c1. The van der Waals surface area contributed by atoms with Crippen LogP contribution >= 0.6 is 11.3 Å². The number of primary amides is 1. The van der Waals surface area contributed by atoms with Gasteiger partial charge in [0.05, 0.1) is 10.2 Å². The number of para-hydroxylation sites is 1. The van der Waals surface area contributed by atoms with Crippen LogP contribution in [-0.2, 0) is 14.3 Å². The van der Waals surface area contributed by atoms with E-state index in [1.54, 1.807) is 35.6 Å². The monoisotopic (exact) mass is 475 g/mol. The largest absolute Gasteiger partial charge is 0.483 e. The second-order valence-electron chi connectivity index (χ2n) is 7.44. The van der Waals surface area contributed by atoms with Gasteiger partial charge in [-0.25, -0.2) is 9.78 Å². The number of ether oxygens (including phenoxy) is 2. The summed E-state index contributed by atoms with van der Waals surface area (Å²) in [4.78, 5) is 40.2. The van der Waals surface area contributed by atoms with Crippen LogP contribution in [0.15, 0.2) is 66.7 Å². The highest BCUT2D eigenvalue weighted by Gasteiger charge is 2.16. The summed E-state index contributed by atoms with van der Waals surface area (Å²) in [5.74, 6) is -1.78.